The second-order valence-corrected chi connectivity index (χ2v) is 11.1. The number of nitrogens with zero attached hydrogens (tertiary/aromatic N) is 4. The SMILES string of the molecule is Cc1nc2cccc(C3NC=C(c4ccc5nc([C@@H]6CCCN6C(=O)[C@@H](c6ccccc6)N(C)C)[nH]c5c4)O3)c2[nH]1. The molecule has 1 fully saturated rings. The van der Waals surface area contributed by atoms with Crippen LogP contribution in [0.4, 0.5) is 0 Å². The number of likely N-dealkylation sites (tertiary alicyclic amines) is 1. The number of ether oxygens (including phenoxy) is 1. The van der Waals surface area contributed by atoms with Gasteiger partial charge in [0.2, 0.25) is 5.91 Å². The van der Waals surface area contributed by atoms with Crippen LogP contribution in [0.1, 0.15) is 59.5 Å². The van der Waals surface area contributed by atoms with Gasteiger partial charge in [0.25, 0.3) is 0 Å². The van der Waals surface area contributed by atoms with Gasteiger partial charge in [-0.25, -0.2) is 9.97 Å². The van der Waals surface area contributed by atoms with Gasteiger partial charge in [0.1, 0.15) is 23.4 Å². The van der Waals surface area contributed by atoms with E-state index in [2.05, 4.69) is 26.3 Å². The monoisotopic (exact) mass is 547 g/mol. The maximum absolute atomic E-state index is 13.9. The summed E-state index contributed by atoms with van der Waals surface area (Å²) in [6.45, 7) is 2.67. The molecule has 2 aliphatic rings. The van der Waals surface area contributed by atoms with Crippen molar-refractivity contribution in [3.8, 4) is 0 Å². The number of aryl methyl sites for hydroxylation is 1. The molecule has 9 heteroatoms. The van der Waals surface area contributed by atoms with E-state index in [0.717, 1.165) is 75.6 Å². The van der Waals surface area contributed by atoms with Crippen molar-refractivity contribution in [1.82, 2.24) is 35.1 Å². The Hall–Kier alpha value is -4.63. The molecule has 1 amide bonds. The molecule has 1 unspecified atom stereocenters. The number of para-hydroxylation sites is 1. The molecule has 9 nitrogen and oxygen atoms in total. The van der Waals surface area contributed by atoms with Crippen LogP contribution in [0.25, 0.3) is 27.8 Å². The summed E-state index contributed by atoms with van der Waals surface area (Å²) in [5.74, 6) is 2.57. The average Bonchev–Trinajstić information content (AvgIpc) is 3.77. The normalized spacial score (nSPS) is 19.5. The summed E-state index contributed by atoms with van der Waals surface area (Å²) in [6.07, 6.45) is 3.43. The van der Waals surface area contributed by atoms with Crippen molar-refractivity contribution in [2.24, 2.45) is 0 Å². The Balaban J connectivity index is 1.12. The fraction of sp³-hybridized carbons (Fsp3) is 0.281. The van der Waals surface area contributed by atoms with Crippen LogP contribution >= 0.6 is 0 Å². The zero-order chi connectivity index (χ0) is 28.1. The summed E-state index contributed by atoms with van der Waals surface area (Å²) in [4.78, 5) is 34.2. The fourth-order valence-electron chi connectivity index (χ4n) is 6.16. The van der Waals surface area contributed by atoms with Crippen molar-refractivity contribution in [3.63, 3.8) is 0 Å². The van der Waals surface area contributed by atoms with Crippen molar-refractivity contribution < 1.29 is 9.53 Å². The summed E-state index contributed by atoms with van der Waals surface area (Å²) in [6, 6.07) is 21.7. The highest BCUT2D eigenvalue weighted by molar-refractivity contribution is 5.85. The Morgan fingerprint density at radius 3 is 2.71 bits per heavy atom. The Labute approximate surface area is 238 Å². The summed E-state index contributed by atoms with van der Waals surface area (Å²) in [5.41, 5.74) is 6.65. The fourth-order valence-corrected chi connectivity index (χ4v) is 6.16. The van der Waals surface area contributed by atoms with Gasteiger partial charge in [-0.15, -0.1) is 0 Å². The minimum atomic E-state index is -0.337. The lowest BCUT2D eigenvalue weighted by Crippen LogP contribution is -2.40. The van der Waals surface area contributed by atoms with Gasteiger partial charge in [0, 0.05) is 23.9 Å². The lowest BCUT2D eigenvalue weighted by molar-refractivity contribution is -0.137. The quantitative estimate of drug-likeness (QED) is 0.266. The van der Waals surface area contributed by atoms with Crippen LogP contribution in [0.2, 0.25) is 0 Å². The minimum absolute atomic E-state index is 0.0872. The first-order valence-corrected chi connectivity index (χ1v) is 14.1. The zero-order valence-electron chi connectivity index (χ0n) is 23.4. The lowest BCUT2D eigenvalue weighted by atomic mass is 10.0. The number of H-pyrrole nitrogens is 2. The van der Waals surface area contributed by atoms with Crippen LogP contribution in [0.3, 0.4) is 0 Å². The molecule has 4 heterocycles. The van der Waals surface area contributed by atoms with E-state index in [0.29, 0.717) is 0 Å². The van der Waals surface area contributed by atoms with Gasteiger partial charge in [-0.3, -0.25) is 9.69 Å². The highest BCUT2D eigenvalue weighted by atomic mass is 16.5. The van der Waals surface area contributed by atoms with E-state index < -0.39 is 0 Å². The van der Waals surface area contributed by atoms with Crippen molar-refractivity contribution in [1.29, 1.82) is 0 Å². The maximum atomic E-state index is 13.9. The van der Waals surface area contributed by atoms with E-state index in [1.54, 1.807) is 0 Å². The van der Waals surface area contributed by atoms with Gasteiger partial charge in [0.05, 0.1) is 28.1 Å². The lowest BCUT2D eigenvalue weighted by Gasteiger charge is -2.31. The molecular weight excluding hydrogens is 514 g/mol. The number of carbonyl (C=O) groups is 1. The summed E-state index contributed by atoms with van der Waals surface area (Å²) in [7, 11) is 3.91. The van der Waals surface area contributed by atoms with Gasteiger partial charge >= 0.3 is 0 Å². The number of carbonyl (C=O) groups excluding carboxylic acids is 1. The molecule has 1 saturated heterocycles. The molecular formula is C32H33N7O2. The van der Waals surface area contributed by atoms with E-state index in [1.807, 2.05) is 97.7 Å². The topological polar surface area (TPSA) is 102 Å². The van der Waals surface area contributed by atoms with E-state index >= 15 is 0 Å². The first-order chi connectivity index (χ1) is 20.0. The van der Waals surface area contributed by atoms with Crippen LogP contribution in [0, 0.1) is 6.92 Å². The molecule has 41 heavy (non-hydrogen) atoms. The van der Waals surface area contributed by atoms with E-state index in [9.17, 15) is 4.79 Å². The molecule has 208 valence electrons. The van der Waals surface area contributed by atoms with Crippen LogP contribution in [-0.2, 0) is 9.53 Å². The third-order valence-corrected chi connectivity index (χ3v) is 8.06. The van der Waals surface area contributed by atoms with E-state index in [4.69, 9.17) is 9.72 Å². The number of imidazole rings is 2. The number of nitrogens with one attached hydrogen (secondary N) is 3. The first-order valence-electron chi connectivity index (χ1n) is 14.1. The van der Waals surface area contributed by atoms with Gasteiger partial charge in [-0.05, 0) is 63.7 Å². The Morgan fingerprint density at radius 2 is 1.88 bits per heavy atom. The van der Waals surface area contributed by atoms with Crippen LogP contribution in [0.5, 0.6) is 0 Å². The number of aromatic nitrogens is 4. The number of amides is 1. The highest BCUT2D eigenvalue weighted by Gasteiger charge is 2.37. The third kappa shape index (κ3) is 4.52. The molecule has 7 rings (SSSR count). The number of aromatic amines is 2. The van der Waals surface area contributed by atoms with Crippen LogP contribution < -0.4 is 5.32 Å². The van der Waals surface area contributed by atoms with Crippen LogP contribution in [0.15, 0.2) is 72.9 Å². The first kappa shape index (κ1) is 25.3. The van der Waals surface area contributed by atoms with Gasteiger partial charge in [-0.1, -0.05) is 42.5 Å². The van der Waals surface area contributed by atoms with Gasteiger partial charge in [-0.2, -0.15) is 0 Å². The molecule has 3 atom stereocenters. The molecule has 0 aliphatic carbocycles. The van der Waals surface area contributed by atoms with E-state index in [1.165, 1.54) is 0 Å². The van der Waals surface area contributed by atoms with Gasteiger partial charge < -0.3 is 24.9 Å². The van der Waals surface area contributed by atoms with Crippen molar-refractivity contribution in [3.05, 3.63) is 101 Å². The summed E-state index contributed by atoms with van der Waals surface area (Å²) < 4.78 is 6.36. The third-order valence-electron chi connectivity index (χ3n) is 8.06. The minimum Gasteiger partial charge on any atom is -0.464 e. The molecule has 0 radical (unpaired) electrons. The average molecular weight is 548 g/mol. The standard InChI is InChI=1S/C32H33N7O2/c1-19-34-24-12-7-11-22(28(24)35-19)31-33-18-27(41-31)21-14-15-23-25(17-21)37-30(36-23)26-13-8-16-39(26)32(40)29(38(2)3)20-9-5-4-6-10-20/h4-7,9-12,14-15,17-18,26,29,31,33H,8,13,16H2,1-3H3,(H,34,35)(H,36,37)/t26-,29+,31?/m0/s1. The number of hydrogen-bond acceptors (Lipinski definition) is 6. The second-order valence-electron chi connectivity index (χ2n) is 11.1. The number of fused-ring (bicyclic) bond motifs is 2. The molecule has 0 saturated carbocycles. The largest absolute Gasteiger partial charge is 0.464 e. The van der Waals surface area contributed by atoms with E-state index in [-0.39, 0.29) is 24.2 Å². The predicted molar refractivity (Wildman–Crippen MR) is 158 cm³/mol. The number of hydrogen-bond donors (Lipinski definition) is 3. The molecule has 0 bridgehead atoms. The van der Waals surface area contributed by atoms with Crippen molar-refractivity contribution in [2.75, 3.05) is 20.6 Å². The number of likely N-dealkylation sites (N-methyl/N-ethyl adjacent to an activating group) is 1. The molecule has 3 N–H and O–H groups in total. The Bertz CT molecular complexity index is 1770. The predicted octanol–water partition coefficient (Wildman–Crippen LogP) is 5.33. The molecule has 3 aromatic carbocycles. The summed E-state index contributed by atoms with van der Waals surface area (Å²) >= 11 is 0. The molecule has 2 aliphatic heterocycles. The molecule has 0 spiro atoms. The number of rotatable bonds is 6. The second kappa shape index (κ2) is 10.1. The number of benzene rings is 3. The van der Waals surface area contributed by atoms with Crippen molar-refractivity contribution >= 4 is 33.7 Å². The Morgan fingerprint density at radius 1 is 1.02 bits per heavy atom. The van der Waals surface area contributed by atoms with Crippen molar-refractivity contribution in [2.45, 2.75) is 38.1 Å². The molecule has 2 aromatic heterocycles. The maximum Gasteiger partial charge on any atom is 0.245 e. The molecule has 5 aromatic rings. The smallest absolute Gasteiger partial charge is 0.245 e. The zero-order valence-corrected chi connectivity index (χ0v) is 23.4. The highest BCUT2D eigenvalue weighted by Crippen LogP contribution is 2.36. The Kier molecular flexibility index (Phi) is 6.23. The summed E-state index contributed by atoms with van der Waals surface area (Å²) in [5, 5.41) is 3.37. The van der Waals surface area contributed by atoms with Crippen LogP contribution in [-0.4, -0.2) is 56.3 Å². The van der Waals surface area contributed by atoms with Gasteiger partial charge in [0.15, 0.2) is 6.23 Å².